The summed E-state index contributed by atoms with van der Waals surface area (Å²) in [4.78, 5) is 30.0. The van der Waals surface area contributed by atoms with E-state index < -0.39 is 0 Å². The second kappa shape index (κ2) is 7.49. The molecule has 4 heteroatoms. The Morgan fingerprint density at radius 1 is 1.07 bits per heavy atom. The van der Waals surface area contributed by atoms with Gasteiger partial charge in [-0.1, -0.05) is 36.4 Å². The molecule has 1 atom stereocenters. The Bertz CT molecular complexity index is 1020. The number of rotatable bonds is 6. The van der Waals surface area contributed by atoms with Gasteiger partial charge in [-0.2, -0.15) is 0 Å². The maximum Gasteiger partial charge on any atom is 0.196 e. The minimum absolute atomic E-state index is 0.00592. The van der Waals surface area contributed by atoms with Gasteiger partial charge in [-0.15, -0.1) is 0 Å². The van der Waals surface area contributed by atoms with Crippen LogP contribution in [0.3, 0.4) is 0 Å². The Labute approximate surface area is 160 Å². The average molecular weight is 362 g/mol. The summed E-state index contributed by atoms with van der Waals surface area (Å²) < 4.78 is 0. The van der Waals surface area contributed by atoms with E-state index in [0.717, 1.165) is 11.3 Å². The fourth-order valence-corrected chi connectivity index (χ4v) is 3.70. The summed E-state index contributed by atoms with van der Waals surface area (Å²) in [7, 11) is 1.95. The van der Waals surface area contributed by atoms with E-state index in [4.69, 9.17) is 0 Å². The number of carbonyl (C=O) groups excluding carboxylic acids is 2. The third-order valence-electron chi connectivity index (χ3n) is 5.32. The van der Waals surface area contributed by atoms with E-state index in [-0.39, 0.29) is 17.6 Å². The molecule has 3 aromatic rings. The Hall–Kier alpha value is -2.72. The second-order valence-corrected chi connectivity index (χ2v) is 7.32. The molecule has 27 heavy (non-hydrogen) atoms. The smallest absolute Gasteiger partial charge is 0.196 e. The van der Waals surface area contributed by atoms with E-state index in [0.29, 0.717) is 17.8 Å². The van der Waals surface area contributed by atoms with Crippen molar-refractivity contribution in [3.63, 3.8) is 0 Å². The fraction of sp³-hybridized carbons (Fsp3) is 0.304. The molecule has 1 heterocycles. The van der Waals surface area contributed by atoms with E-state index in [1.54, 1.807) is 0 Å². The van der Waals surface area contributed by atoms with Crippen LogP contribution in [0.4, 0.5) is 0 Å². The summed E-state index contributed by atoms with van der Waals surface area (Å²) in [6.07, 6.45) is 0. The van der Waals surface area contributed by atoms with Gasteiger partial charge in [-0.25, -0.2) is 0 Å². The number of aromatic nitrogens is 1. The number of nitrogens with one attached hydrogen (secondary N) is 1. The van der Waals surface area contributed by atoms with Gasteiger partial charge < -0.3 is 4.98 Å². The highest BCUT2D eigenvalue weighted by atomic mass is 16.1. The molecule has 0 aliphatic rings. The SMILES string of the molecule is CC(=O)c1c(C)[nH]c(C(=O)[C@@H](C)N(C)Cc2ccc3ccccc3c2)c1C. The topological polar surface area (TPSA) is 53.2 Å². The van der Waals surface area contributed by atoms with Crippen LogP contribution in [-0.2, 0) is 6.54 Å². The molecule has 4 nitrogen and oxygen atoms in total. The molecule has 0 saturated carbocycles. The van der Waals surface area contributed by atoms with Crippen LogP contribution in [0.25, 0.3) is 10.8 Å². The number of aromatic amines is 1. The first kappa shape index (κ1) is 19.1. The first-order valence-electron chi connectivity index (χ1n) is 9.21. The lowest BCUT2D eigenvalue weighted by atomic mass is 10.0. The second-order valence-electron chi connectivity index (χ2n) is 7.32. The van der Waals surface area contributed by atoms with Crippen LogP contribution in [0, 0.1) is 13.8 Å². The van der Waals surface area contributed by atoms with Gasteiger partial charge in [0.2, 0.25) is 0 Å². The quantitative estimate of drug-likeness (QED) is 0.647. The number of Topliss-reactive ketones (excluding diaryl/α,β-unsaturated/α-hetero) is 2. The number of carbonyl (C=O) groups is 2. The zero-order chi connectivity index (χ0) is 19.7. The molecule has 0 unspecified atom stereocenters. The lowest BCUT2D eigenvalue weighted by Gasteiger charge is -2.23. The van der Waals surface area contributed by atoms with Crippen molar-refractivity contribution in [2.24, 2.45) is 0 Å². The van der Waals surface area contributed by atoms with Crippen LogP contribution in [-0.4, -0.2) is 34.5 Å². The van der Waals surface area contributed by atoms with Crippen molar-refractivity contribution in [3.8, 4) is 0 Å². The Morgan fingerprint density at radius 2 is 1.74 bits per heavy atom. The van der Waals surface area contributed by atoms with E-state index >= 15 is 0 Å². The summed E-state index contributed by atoms with van der Waals surface area (Å²) in [6, 6.07) is 14.3. The number of H-pyrrole nitrogens is 1. The summed E-state index contributed by atoms with van der Waals surface area (Å²) >= 11 is 0. The third-order valence-corrected chi connectivity index (χ3v) is 5.32. The van der Waals surface area contributed by atoms with Gasteiger partial charge in [0.05, 0.1) is 11.7 Å². The van der Waals surface area contributed by atoms with Gasteiger partial charge in [0.25, 0.3) is 0 Å². The van der Waals surface area contributed by atoms with E-state index in [2.05, 4.69) is 35.3 Å². The van der Waals surface area contributed by atoms with Crippen molar-refractivity contribution in [3.05, 3.63) is 70.5 Å². The van der Waals surface area contributed by atoms with Gasteiger partial charge >= 0.3 is 0 Å². The molecule has 0 radical (unpaired) electrons. The van der Waals surface area contributed by atoms with Crippen LogP contribution < -0.4 is 0 Å². The normalized spacial score (nSPS) is 12.5. The van der Waals surface area contributed by atoms with E-state index in [1.165, 1.54) is 23.3 Å². The molecule has 1 aromatic heterocycles. The lowest BCUT2D eigenvalue weighted by molar-refractivity contribution is 0.0856. The summed E-state index contributed by atoms with van der Waals surface area (Å²) in [5.74, 6) is -0.0103. The van der Waals surface area contributed by atoms with E-state index in [9.17, 15) is 9.59 Å². The predicted molar refractivity (Wildman–Crippen MR) is 109 cm³/mol. The molecular formula is C23H26N2O2. The van der Waals surface area contributed by atoms with Crippen molar-refractivity contribution in [1.29, 1.82) is 0 Å². The van der Waals surface area contributed by atoms with Crippen molar-refractivity contribution in [2.45, 2.75) is 40.3 Å². The predicted octanol–water partition coefficient (Wildman–Crippen LogP) is 4.69. The third kappa shape index (κ3) is 3.71. The molecular weight excluding hydrogens is 336 g/mol. The maximum atomic E-state index is 13.0. The Morgan fingerprint density at radius 3 is 2.37 bits per heavy atom. The molecule has 3 rings (SSSR count). The van der Waals surface area contributed by atoms with Gasteiger partial charge in [-0.3, -0.25) is 14.5 Å². The molecule has 140 valence electrons. The molecule has 1 N–H and O–H groups in total. The molecule has 0 bridgehead atoms. The van der Waals surface area contributed by atoms with Crippen LogP contribution in [0.2, 0.25) is 0 Å². The number of ketones is 2. The monoisotopic (exact) mass is 362 g/mol. The minimum atomic E-state index is -0.298. The van der Waals surface area contributed by atoms with Gasteiger partial charge in [-0.05, 0) is 62.7 Å². The molecule has 2 aromatic carbocycles. The van der Waals surface area contributed by atoms with Crippen LogP contribution in [0.1, 0.15) is 51.5 Å². The zero-order valence-electron chi connectivity index (χ0n) is 16.6. The highest BCUT2D eigenvalue weighted by molar-refractivity contribution is 6.05. The minimum Gasteiger partial charge on any atom is -0.355 e. The summed E-state index contributed by atoms with van der Waals surface area (Å²) in [6.45, 7) is 7.79. The van der Waals surface area contributed by atoms with Crippen molar-refractivity contribution in [2.75, 3.05) is 7.05 Å². The summed E-state index contributed by atoms with van der Waals surface area (Å²) in [5.41, 5.74) is 3.83. The van der Waals surface area contributed by atoms with Crippen molar-refractivity contribution in [1.82, 2.24) is 9.88 Å². The number of aryl methyl sites for hydroxylation is 1. The first-order valence-corrected chi connectivity index (χ1v) is 9.21. The fourth-order valence-electron chi connectivity index (χ4n) is 3.70. The van der Waals surface area contributed by atoms with Gasteiger partial charge in [0.1, 0.15) is 0 Å². The zero-order valence-corrected chi connectivity index (χ0v) is 16.6. The number of fused-ring (bicyclic) bond motifs is 1. The Balaban J connectivity index is 1.80. The largest absolute Gasteiger partial charge is 0.355 e. The number of benzene rings is 2. The van der Waals surface area contributed by atoms with Crippen molar-refractivity contribution >= 4 is 22.3 Å². The standard InChI is InChI=1S/C23H26N2O2/c1-14-21(17(4)26)15(2)24-22(14)23(27)16(3)25(5)13-18-10-11-19-8-6-7-9-20(19)12-18/h6-12,16,24H,13H2,1-5H3/t16-/m1/s1. The van der Waals surface area contributed by atoms with Gasteiger partial charge in [0.15, 0.2) is 11.6 Å². The average Bonchev–Trinajstić information content (AvgIpc) is 2.94. The molecule has 0 aliphatic heterocycles. The lowest BCUT2D eigenvalue weighted by Crippen LogP contribution is -2.36. The Kier molecular flexibility index (Phi) is 5.29. The van der Waals surface area contributed by atoms with Crippen LogP contribution in [0.15, 0.2) is 42.5 Å². The number of hydrogen-bond acceptors (Lipinski definition) is 3. The number of hydrogen-bond donors (Lipinski definition) is 1. The van der Waals surface area contributed by atoms with Gasteiger partial charge in [0, 0.05) is 17.8 Å². The molecule has 0 amide bonds. The number of nitrogens with zero attached hydrogens (tertiary/aromatic N) is 1. The molecule has 0 aliphatic carbocycles. The number of likely N-dealkylation sites (N-methyl/N-ethyl adjacent to an activating group) is 1. The summed E-state index contributed by atoms with van der Waals surface area (Å²) in [5, 5.41) is 2.41. The highest BCUT2D eigenvalue weighted by Gasteiger charge is 2.25. The maximum absolute atomic E-state index is 13.0. The molecule has 0 saturated heterocycles. The van der Waals surface area contributed by atoms with Crippen molar-refractivity contribution < 1.29 is 9.59 Å². The van der Waals surface area contributed by atoms with E-state index in [1.807, 2.05) is 44.9 Å². The van der Waals surface area contributed by atoms with Crippen LogP contribution >= 0.6 is 0 Å². The molecule has 0 spiro atoms. The first-order chi connectivity index (χ1) is 12.8. The highest BCUT2D eigenvalue weighted by Crippen LogP contribution is 2.22. The molecule has 0 fully saturated rings. The van der Waals surface area contributed by atoms with Crippen LogP contribution in [0.5, 0.6) is 0 Å².